The van der Waals surface area contributed by atoms with Crippen LogP contribution in [0.3, 0.4) is 0 Å². The Bertz CT molecular complexity index is 1490. The number of imidazole rings is 1. The Morgan fingerprint density at radius 1 is 1.08 bits per heavy atom. The number of aryl methyl sites for hydroxylation is 1. The van der Waals surface area contributed by atoms with Gasteiger partial charge in [0, 0.05) is 36.4 Å². The molecule has 0 radical (unpaired) electrons. The molecule has 0 aliphatic heterocycles. The van der Waals surface area contributed by atoms with E-state index in [2.05, 4.69) is 56.5 Å². The van der Waals surface area contributed by atoms with Crippen molar-refractivity contribution in [1.29, 1.82) is 0 Å². The summed E-state index contributed by atoms with van der Waals surface area (Å²) in [4.78, 5) is 22.4. The van der Waals surface area contributed by atoms with Gasteiger partial charge in [0.25, 0.3) is 0 Å². The van der Waals surface area contributed by atoms with Gasteiger partial charge in [-0.15, -0.1) is 5.10 Å². The van der Waals surface area contributed by atoms with Gasteiger partial charge in [-0.25, -0.2) is 19.1 Å². The average molecular weight is 485 g/mol. The summed E-state index contributed by atoms with van der Waals surface area (Å²) in [7, 11) is 0. The highest BCUT2D eigenvalue weighted by Gasteiger charge is 2.18. The van der Waals surface area contributed by atoms with Crippen LogP contribution in [0.1, 0.15) is 38.4 Å². The van der Waals surface area contributed by atoms with Crippen LogP contribution in [0.25, 0.3) is 28.5 Å². The first-order chi connectivity index (χ1) is 17.5. The zero-order chi connectivity index (χ0) is 25.1. The Balaban J connectivity index is 1.51. The highest BCUT2D eigenvalue weighted by molar-refractivity contribution is 5.69. The molecule has 4 heterocycles. The molecule has 0 aliphatic rings. The largest absolute Gasteiger partial charge is 0.335 e. The van der Waals surface area contributed by atoms with Gasteiger partial charge in [0.15, 0.2) is 5.82 Å². The molecule has 0 saturated heterocycles. The van der Waals surface area contributed by atoms with Crippen LogP contribution in [0.15, 0.2) is 60.0 Å². The lowest BCUT2D eigenvalue weighted by atomic mass is 10.00. The zero-order valence-corrected chi connectivity index (χ0v) is 20.5. The smallest absolute Gasteiger partial charge is 0.291 e. The number of benzene rings is 1. The second kappa shape index (κ2) is 10.1. The van der Waals surface area contributed by atoms with E-state index < -0.39 is 0 Å². The van der Waals surface area contributed by atoms with Gasteiger partial charge in [0.1, 0.15) is 6.33 Å². The Morgan fingerprint density at radius 3 is 2.61 bits per heavy atom. The highest BCUT2D eigenvalue weighted by Crippen LogP contribution is 2.26. The summed E-state index contributed by atoms with van der Waals surface area (Å²) in [5, 5.41) is 18.4. The second-order valence-electron chi connectivity index (χ2n) is 9.11. The predicted octanol–water partition coefficient (Wildman–Crippen LogP) is 3.13. The van der Waals surface area contributed by atoms with Crippen molar-refractivity contribution >= 4 is 0 Å². The average Bonchev–Trinajstić information content (AvgIpc) is 3.63. The summed E-state index contributed by atoms with van der Waals surface area (Å²) in [5.41, 5.74) is 4.68. The third kappa shape index (κ3) is 4.59. The first kappa shape index (κ1) is 23.3. The molecule has 184 valence electrons. The fraction of sp³-hybridized carbons (Fsp3) is 0.320. The van der Waals surface area contributed by atoms with Crippen LogP contribution in [-0.4, -0.2) is 49.5 Å². The minimum Gasteiger partial charge on any atom is -0.291 e. The zero-order valence-electron chi connectivity index (χ0n) is 20.5. The lowest BCUT2D eigenvalue weighted by Gasteiger charge is -2.12. The first-order valence-electron chi connectivity index (χ1n) is 12.0. The van der Waals surface area contributed by atoms with Crippen LogP contribution in [-0.2, 0) is 19.5 Å². The van der Waals surface area contributed by atoms with Gasteiger partial charge < -0.3 is 0 Å². The molecule has 4 aromatic heterocycles. The molecule has 1 aromatic carbocycles. The minimum absolute atomic E-state index is 0.139. The molecular weight excluding hydrogens is 456 g/mol. The molecule has 0 atom stereocenters. The van der Waals surface area contributed by atoms with Crippen molar-refractivity contribution in [1.82, 2.24) is 49.5 Å². The van der Waals surface area contributed by atoms with E-state index >= 15 is 0 Å². The monoisotopic (exact) mass is 484 g/mol. The van der Waals surface area contributed by atoms with Crippen LogP contribution in [0.4, 0.5) is 0 Å². The van der Waals surface area contributed by atoms with Crippen molar-refractivity contribution in [3.8, 4) is 28.5 Å². The summed E-state index contributed by atoms with van der Waals surface area (Å²) in [6.45, 7) is 7.41. The van der Waals surface area contributed by atoms with Crippen LogP contribution < -0.4 is 5.69 Å². The molecule has 5 aromatic rings. The fourth-order valence-corrected chi connectivity index (χ4v) is 4.31. The summed E-state index contributed by atoms with van der Waals surface area (Å²) >= 11 is 0. The molecule has 0 fully saturated rings. The molecule has 0 bridgehead atoms. The summed E-state index contributed by atoms with van der Waals surface area (Å²) in [6.07, 6.45) is 8.67. The maximum absolute atomic E-state index is 13.6. The second-order valence-corrected chi connectivity index (χ2v) is 9.11. The van der Waals surface area contributed by atoms with Crippen LogP contribution >= 0.6 is 0 Å². The highest BCUT2D eigenvalue weighted by atomic mass is 16.2. The van der Waals surface area contributed by atoms with Crippen molar-refractivity contribution < 1.29 is 0 Å². The SMILES string of the molecule is CCCc1cn(-c2ncnn2CC(C)C)c(=O)n1Cc1cnccc1-c1ccc(-c2nnn[nH]2)cc1. The van der Waals surface area contributed by atoms with Gasteiger partial charge in [-0.3, -0.25) is 9.55 Å². The quantitative estimate of drug-likeness (QED) is 0.341. The number of H-pyrrole nitrogens is 1. The Morgan fingerprint density at radius 2 is 1.89 bits per heavy atom. The number of pyridine rings is 1. The van der Waals surface area contributed by atoms with Crippen molar-refractivity contribution in [2.45, 2.75) is 46.7 Å². The van der Waals surface area contributed by atoms with Gasteiger partial charge in [0.05, 0.1) is 6.54 Å². The molecule has 0 unspecified atom stereocenters. The van der Waals surface area contributed by atoms with Crippen LogP contribution in [0.2, 0.25) is 0 Å². The Kier molecular flexibility index (Phi) is 6.52. The Hall–Kier alpha value is -4.41. The molecule has 0 spiro atoms. The predicted molar refractivity (Wildman–Crippen MR) is 134 cm³/mol. The normalized spacial score (nSPS) is 11.4. The summed E-state index contributed by atoms with van der Waals surface area (Å²) in [5.74, 6) is 1.52. The summed E-state index contributed by atoms with van der Waals surface area (Å²) < 4.78 is 5.21. The van der Waals surface area contributed by atoms with Gasteiger partial charge in [-0.2, -0.15) is 10.1 Å². The molecule has 11 heteroatoms. The summed E-state index contributed by atoms with van der Waals surface area (Å²) in [6, 6.07) is 9.95. The van der Waals surface area contributed by atoms with E-state index in [1.165, 1.54) is 6.33 Å². The standard InChI is InChI=1S/C25H28N10O/c1-4-5-21-15-34(24-27-16-28-35(24)13-17(2)3)25(36)33(21)14-20-12-26-11-10-22(20)18-6-8-19(9-7-18)23-29-31-32-30-23/h6-12,15-17H,4-5,13-14H2,1-3H3,(H,29,30,31,32). The molecular formula is C25H28N10O. The van der Waals surface area contributed by atoms with Crippen molar-refractivity contribution in [3.05, 3.63) is 77.0 Å². The Labute approximate surface area is 207 Å². The van der Waals surface area contributed by atoms with Gasteiger partial charge in [-0.1, -0.05) is 51.5 Å². The number of hydrogen-bond acceptors (Lipinski definition) is 7. The molecule has 0 amide bonds. The van der Waals surface area contributed by atoms with E-state index in [9.17, 15) is 4.79 Å². The van der Waals surface area contributed by atoms with E-state index in [1.807, 2.05) is 47.3 Å². The fourth-order valence-electron chi connectivity index (χ4n) is 4.31. The topological polar surface area (TPSA) is 125 Å². The van der Waals surface area contributed by atoms with E-state index in [4.69, 9.17) is 0 Å². The number of aromatic amines is 1. The van der Waals surface area contributed by atoms with E-state index in [0.717, 1.165) is 40.8 Å². The molecule has 36 heavy (non-hydrogen) atoms. The minimum atomic E-state index is -0.139. The van der Waals surface area contributed by atoms with E-state index in [0.29, 0.717) is 30.8 Å². The number of nitrogens with one attached hydrogen (secondary N) is 1. The van der Waals surface area contributed by atoms with E-state index in [1.54, 1.807) is 15.4 Å². The molecule has 1 N–H and O–H groups in total. The number of aromatic nitrogens is 10. The van der Waals surface area contributed by atoms with E-state index in [-0.39, 0.29) is 5.69 Å². The van der Waals surface area contributed by atoms with Crippen molar-refractivity contribution in [2.75, 3.05) is 0 Å². The van der Waals surface area contributed by atoms with Crippen LogP contribution in [0, 0.1) is 5.92 Å². The third-order valence-corrected chi connectivity index (χ3v) is 5.96. The molecule has 0 aliphatic carbocycles. The third-order valence-electron chi connectivity index (χ3n) is 5.96. The molecule has 11 nitrogen and oxygen atoms in total. The lowest BCUT2D eigenvalue weighted by Crippen LogP contribution is -2.27. The maximum Gasteiger partial charge on any atom is 0.335 e. The maximum atomic E-state index is 13.6. The van der Waals surface area contributed by atoms with Gasteiger partial charge in [0.2, 0.25) is 5.95 Å². The molecule has 5 rings (SSSR count). The van der Waals surface area contributed by atoms with Crippen LogP contribution in [0.5, 0.6) is 0 Å². The number of rotatable bonds is 9. The van der Waals surface area contributed by atoms with Gasteiger partial charge >= 0.3 is 5.69 Å². The van der Waals surface area contributed by atoms with Crippen molar-refractivity contribution in [2.24, 2.45) is 5.92 Å². The lowest BCUT2D eigenvalue weighted by molar-refractivity contribution is 0.473. The van der Waals surface area contributed by atoms with Gasteiger partial charge in [-0.05, 0) is 45.5 Å². The number of tetrazole rings is 1. The molecule has 0 saturated carbocycles. The number of hydrogen-bond donors (Lipinski definition) is 1. The number of nitrogens with zero attached hydrogens (tertiary/aromatic N) is 9. The van der Waals surface area contributed by atoms with Crippen molar-refractivity contribution in [3.63, 3.8) is 0 Å². The first-order valence-corrected chi connectivity index (χ1v) is 12.0.